The number of ether oxygens (including phenoxy) is 1. The van der Waals surface area contributed by atoms with Crippen molar-refractivity contribution in [1.29, 1.82) is 0 Å². The van der Waals surface area contributed by atoms with Crippen molar-refractivity contribution in [2.75, 3.05) is 13.2 Å². The van der Waals surface area contributed by atoms with E-state index in [9.17, 15) is 0 Å². The Hall–Kier alpha value is -0.340. The van der Waals surface area contributed by atoms with E-state index in [1.54, 1.807) is 0 Å². The van der Waals surface area contributed by atoms with Crippen molar-refractivity contribution in [3.8, 4) is 0 Å². The molecule has 0 N–H and O–H groups in total. The standard InChI is InChI=1S/C11H20NO/c1-6-10-8-13-11(4,5)12(10)7-9(2)3/h6,10H,1,7-8H2,2-5H3/t10-/m0/s1. The molecule has 1 rings (SSSR count). The van der Waals surface area contributed by atoms with Gasteiger partial charge in [-0.2, -0.15) is 0 Å². The minimum atomic E-state index is -0.143. The zero-order valence-corrected chi connectivity index (χ0v) is 9.13. The maximum absolute atomic E-state index is 5.70. The molecule has 0 aliphatic carbocycles. The summed E-state index contributed by atoms with van der Waals surface area (Å²) in [6.07, 6.45) is 1.97. The van der Waals surface area contributed by atoms with Gasteiger partial charge in [0.25, 0.3) is 0 Å². The highest BCUT2D eigenvalue weighted by atomic mass is 16.5. The molecule has 0 aromatic heterocycles. The molecule has 1 heterocycles. The second-order valence-corrected chi connectivity index (χ2v) is 4.40. The smallest absolute Gasteiger partial charge is 0.116 e. The summed E-state index contributed by atoms with van der Waals surface area (Å²) in [6.45, 7) is 14.1. The molecule has 1 aliphatic heterocycles. The van der Waals surface area contributed by atoms with E-state index >= 15 is 0 Å². The molecule has 2 heteroatoms. The van der Waals surface area contributed by atoms with E-state index in [1.165, 1.54) is 5.92 Å². The molecule has 0 aromatic carbocycles. The van der Waals surface area contributed by atoms with E-state index in [0.29, 0.717) is 6.04 Å². The number of nitrogens with zero attached hydrogens (tertiary/aromatic N) is 1. The fourth-order valence-corrected chi connectivity index (χ4v) is 1.71. The first-order chi connectivity index (χ1) is 5.97. The normalized spacial score (nSPS) is 28.2. The molecular weight excluding hydrogens is 162 g/mol. The molecule has 0 aromatic rings. The van der Waals surface area contributed by atoms with Crippen LogP contribution in [0.4, 0.5) is 0 Å². The van der Waals surface area contributed by atoms with Crippen LogP contribution in [0.3, 0.4) is 0 Å². The lowest BCUT2D eigenvalue weighted by Gasteiger charge is -2.33. The highest BCUT2D eigenvalue weighted by Crippen LogP contribution is 2.28. The van der Waals surface area contributed by atoms with Crippen molar-refractivity contribution < 1.29 is 4.74 Å². The van der Waals surface area contributed by atoms with Crippen LogP contribution >= 0.6 is 0 Å². The third-order valence-corrected chi connectivity index (χ3v) is 2.46. The van der Waals surface area contributed by atoms with Crippen molar-refractivity contribution in [3.05, 3.63) is 18.6 Å². The molecule has 0 unspecified atom stereocenters. The summed E-state index contributed by atoms with van der Waals surface area (Å²) in [7, 11) is 0. The van der Waals surface area contributed by atoms with Crippen LogP contribution in [-0.4, -0.2) is 29.8 Å². The Morgan fingerprint density at radius 3 is 2.69 bits per heavy atom. The van der Waals surface area contributed by atoms with Crippen molar-refractivity contribution in [2.45, 2.75) is 39.5 Å². The van der Waals surface area contributed by atoms with Crippen LogP contribution in [0.25, 0.3) is 0 Å². The number of rotatable bonds is 3. The minimum Gasteiger partial charge on any atom is -0.359 e. The lowest BCUT2D eigenvalue weighted by atomic mass is 10.1. The van der Waals surface area contributed by atoms with Gasteiger partial charge in [0.05, 0.1) is 12.6 Å². The molecule has 75 valence electrons. The fraction of sp³-hybridized carbons (Fsp3) is 0.727. The molecule has 1 fully saturated rings. The first-order valence-electron chi connectivity index (χ1n) is 4.79. The molecule has 1 aliphatic rings. The second-order valence-electron chi connectivity index (χ2n) is 4.40. The van der Waals surface area contributed by atoms with Gasteiger partial charge in [-0.05, 0) is 19.8 Å². The molecule has 1 atom stereocenters. The van der Waals surface area contributed by atoms with E-state index in [2.05, 4.69) is 39.2 Å². The molecule has 0 amide bonds. The topological polar surface area (TPSA) is 12.5 Å². The van der Waals surface area contributed by atoms with Gasteiger partial charge in [-0.3, -0.25) is 4.90 Å². The first-order valence-corrected chi connectivity index (χ1v) is 4.79. The Labute approximate surface area is 81.6 Å². The highest BCUT2D eigenvalue weighted by Gasteiger charge is 2.38. The van der Waals surface area contributed by atoms with Crippen molar-refractivity contribution in [3.63, 3.8) is 0 Å². The monoisotopic (exact) mass is 182 g/mol. The predicted molar refractivity (Wildman–Crippen MR) is 55.3 cm³/mol. The second kappa shape index (κ2) is 3.81. The molecule has 13 heavy (non-hydrogen) atoms. The van der Waals surface area contributed by atoms with E-state index in [0.717, 1.165) is 13.2 Å². The molecule has 2 nitrogen and oxygen atoms in total. The highest BCUT2D eigenvalue weighted by molar-refractivity contribution is 5.00. The zero-order chi connectivity index (χ0) is 10.1. The summed E-state index contributed by atoms with van der Waals surface area (Å²) in [5.41, 5.74) is -0.143. The van der Waals surface area contributed by atoms with Crippen molar-refractivity contribution in [1.82, 2.24) is 4.90 Å². The molecule has 0 bridgehead atoms. The Balaban J connectivity index is 2.68. The van der Waals surface area contributed by atoms with Crippen LogP contribution in [-0.2, 0) is 4.74 Å². The minimum absolute atomic E-state index is 0.143. The summed E-state index contributed by atoms with van der Waals surface area (Å²) in [6, 6.07) is 0.366. The Bertz CT molecular complexity index is 187. The first kappa shape index (κ1) is 10.7. The summed E-state index contributed by atoms with van der Waals surface area (Å²) >= 11 is 0. The third-order valence-electron chi connectivity index (χ3n) is 2.46. The molecule has 1 saturated heterocycles. The summed E-state index contributed by atoms with van der Waals surface area (Å²) < 4.78 is 5.70. The van der Waals surface area contributed by atoms with Crippen molar-refractivity contribution in [2.24, 2.45) is 0 Å². The van der Waals surface area contributed by atoms with Gasteiger partial charge in [0, 0.05) is 6.54 Å². The van der Waals surface area contributed by atoms with Crippen LogP contribution in [0.1, 0.15) is 27.7 Å². The zero-order valence-electron chi connectivity index (χ0n) is 9.13. The summed E-state index contributed by atoms with van der Waals surface area (Å²) in [5, 5.41) is 0. The molecular formula is C11H20NO. The SMILES string of the molecule is C=C[C@H]1COC(C)(C)N1C[C](C)C. The Morgan fingerprint density at radius 2 is 2.23 bits per heavy atom. The molecule has 0 spiro atoms. The average Bonchev–Trinajstić information content (AvgIpc) is 2.27. The van der Waals surface area contributed by atoms with E-state index in [4.69, 9.17) is 4.74 Å². The maximum Gasteiger partial charge on any atom is 0.116 e. The Kier molecular flexibility index (Phi) is 3.14. The van der Waals surface area contributed by atoms with Gasteiger partial charge < -0.3 is 4.74 Å². The van der Waals surface area contributed by atoms with Gasteiger partial charge in [-0.25, -0.2) is 0 Å². The van der Waals surface area contributed by atoms with Gasteiger partial charge in [0.1, 0.15) is 5.72 Å². The van der Waals surface area contributed by atoms with Gasteiger partial charge in [-0.1, -0.05) is 19.9 Å². The fourth-order valence-electron chi connectivity index (χ4n) is 1.71. The largest absolute Gasteiger partial charge is 0.359 e. The molecule has 0 saturated carbocycles. The number of hydrogen-bond acceptors (Lipinski definition) is 2. The van der Waals surface area contributed by atoms with Crippen LogP contribution in [0.2, 0.25) is 0 Å². The van der Waals surface area contributed by atoms with E-state index in [1.807, 2.05) is 6.08 Å². The summed E-state index contributed by atoms with van der Waals surface area (Å²) in [5.74, 6) is 1.41. The average molecular weight is 182 g/mol. The van der Waals surface area contributed by atoms with Gasteiger partial charge in [0.2, 0.25) is 0 Å². The lowest BCUT2D eigenvalue weighted by molar-refractivity contribution is -0.0498. The predicted octanol–water partition coefficient (Wildman–Crippen LogP) is 2.22. The van der Waals surface area contributed by atoms with E-state index < -0.39 is 0 Å². The van der Waals surface area contributed by atoms with Crippen LogP contribution in [0.5, 0.6) is 0 Å². The molecule has 1 radical (unpaired) electrons. The van der Waals surface area contributed by atoms with Gasteiger partial charge in [0.15, 0.2) is 0 Å². The summed E-state index contributed by atoms with van der Waals surface area (Å²) in [4.78, 5) is 2.34. The maximum atomic E-state index is 5.70. The van der Waals surface area contributed by atoms with Gasteiger partial charge >= 0.3 is 0 Å². The van der Waals surface area contributed by atoms with Crippen LogP contribution in [0.15, 0.2) is 12.7 Å². The lowest BCUT2D eigenvalue weighted by Crippen LogP contribution is -2.44. The van der Waals surface area contributed by atoms with Crippen LogP contribution in [0, 0.1) is 5.92 Å². The third kappa shape index (κ3) is 2.32. The van der Waals surface area contributed by atoms with Crippen molar-refractivity contribution >= 4 is 0 Å². The van der Waals surface area contributed by atoms with Crippen LogP contribution < -0.4 is 0 Å². The van der Waals surface area contributed by atoms with Gasteiger partial charge in [-0.15, -0.1) is 6.58 Å². The number of hydrogen-bond donors (Lipinski definition) is 0. The van der Waals surface area contributed by atoms with E-state index in [-0.39, 0.29) is 5.72 Å². The quantitative estimate of drug-likeness (QED) is 0.621. The Morgan fingerprint density at radius 1 is 1.62 bits per heavy atom.